The largest absolute Gasteiger partial charge is 0.380 e. The van der Waals surface area contributed by atoms with Crippen LogP contribution >= 0.6 is 0 Å². The zero-order valence-corrected chi connectivity index (χ0v) is 12.0. The Morgan fingerprint density at radius 2 is 1.94 bits per heavy atom. The molecule has 1 heterocycles. The van der Waals surface area contributed by atoms with Gasteiger partial charge >= 0.3 is 0 Å². The molecule has 17 heavy (non-hydrogen) atoms. The molecule has 102 valence electrons. The van der Waals surface area contributed by atoms with Gasteiger partial charge < -0.3 is 15.0 Å². The third-order valence-corrected chi connectivity index (χ3v) is 3.45. The van der Waals surface area contributed by atoms with Crippen LogP contribution in [0.3, 0.4) is 0 Å². The summed E-state index contributed by atoms with van der Waals surface area (Å²) in [5.74, 6) is 0. The van der Waals surface area contributed by atoms with Crippen molar-refractivity contribution >= 4 is 0 Å². The summed E-state index contributed by atoms with van der Waals surface area (Å²) < 4.78 is 5.40. The minimum Gasteiger partial charge on any atom is -0.380 e. The Kier molecular flexibility index (Phi) is 6.41. The fraction of sp³-hybridized carbons (Fsp3) is 1.00. The summed E-state index contributed by atoms with van der Waals surface area (Å²) >= 11 is 0. The summed E-state index contributed by atoms with van der Waals surface area (Å²) in [6, 6.07) is 0. The Bertz CT molecular complexity index is 203. The highest BCUT2D eigenvalue weighted by Crippen LogP contribution is 2.16. The highest BCUT2D eigenvalue weighted by molar-refractivity contribution is 4.87. The number of piperazine rings is 1. The number of nitrogens with one attached hydrogen (secondary N) is 1. The van der Waals surface area contributed by atoms with Crippen LogP contribution < -0.4 is 5.32 Å². The average Bonchev–Trinajstić information content (AvgIpc) is 2.30. The first-order valence-corrected chi connectivity index (χ1v) is 6.78. The van der Waals surface area contributed by atoms with Crippen molar-refractivity contribution in [3.8, 4) is 0 Å². The van der Waals surface area contributed by atoms with E-state index in [4.69, 9.17) is 4.74 Å². The lowest BCUT2D eigenvalue weighted by Gasteiger charge is -2.43. The van der Waals surface area contributed by atoms with Crippen LogP contribution in [0.5, 0.6) is 0 Å². The first-order valence-electron chi connectivity index (χ1n) is 6.78. The summed E-state index contributed by atoms with van der Waals surface area (Å²) in [6.07, 6.45) is 0. The van der Waals surface area contributed by atoms with Crippen molar-refractivity contribution in [3.05, 3.63) is 0 Å². The lowest BCUT2D eigenvalue weighted by molar-refractivity contribution is 0.0569. The first-order chi connectivity index (χ1) is 8.06. The quantitative estimate of drug-likeness (QED) is 0.664. The average molecular weight is 243 g/mol. The molecule has 1 N–H and O–H groups in total. The Balaban J connectivity index is 2.30. The molecule has 0 amide bonds. The molecule has 0 spiro atoms. The van der Waals surface area contributed by atoms with Gasteiger partial charge in [-0.25, -0.2) is 0 Å². The van der Waals surface area contributed by atoms with Crippen molar-refractivity contribution in [2.24, 2.45) is 0 Å². The molecule has 0 aromatic carbocycles. The van der Waals surface area contributed by atoms with Crippen LogP contribution in [0.4, 0.5) is 0 Å². The number of hydrogen-bond acceptors (Lipinski definition) is 4. The fourth-order valence-electron chi connectivity index (χ4n) is 2.47. The summed E-state index contributed by atoms with van der Waals surface area (Å²) in [5, 5.41) is 3.41. The maximum Gasteiger partial charge on any atom is 0.0593 e. The minimum atomic E-state index is 0.253. The minimum absolute atomic E-state index is 0.253. The van der Waals surface area contributed by atoms with Gasteiger partial charge in [-0.15, -0.1) is 0 Å². The van der Waals surface area contributed by atoms with Crippen molar-refractivity contribution in [3.63, 3.8) is 0 Å². The van der Waals surface area contributed by atoms with Gasteiger partial charge in [-0.05, 0) is 27.8 Å². The van der Waals surface area contributed by atoms with Crippen LogP contribution in [0, 0.1) is 0 Å². The van der Waals surface area contributed by atoms with Gasteiger partial charge in [0.15, 0.2) is 0 Å². The molecule has 1 saturated heterocycles. The number of likely N-dealkylation sites (N-methyl/N-ethyl adjacent to an activating group) is 1. The third kappa shape index (κ3) is 5.34. The van der Waals surface area contributed by atoms with E-state index in [1.165, 1.54) is 0 Å². The Labute approximate surface area is 106 Å². The van der Waals surface area contributed by atoms with Crippen molar-refractivity contribution < 1.29 is 4.74 Å². The molecule has 0 unspecified atom stereocenters. The predicted molar refractivity (Wildman–Crippen MR) is 72.5 cm³/mol. The van der Waals surface area contributed by atoms with Gasteiger partial charge in [-0.1, -0.05) is 0 Å². The molecule has 0 bridgehead atoms. The molecule has 0 saturated carbocycles. The van der Waals surface area contributed by atoms with E-state index in [1.54, 1.807) is 0 Å². The maximum absolute atomic E-state index is 5.40. The molecule has 0 radical (unpaired) electrons. The second kappa shape index (κ2) is 7.31. The second-order valence-corrected chi connectivity index (χ2v) is 5.48. The lowest BCUT2D eigenvalue weighted by Crippen LogP contribution is -2.57. The van der Waals surface area contributed by atoms with E-state index in [-0.39, 0.29) is 5.54 Å². The van der Waals surface area contributed by atoms with Crippen LogP contribution in [0.15, 0.2) is 0 Å². The molecular weight excluding hydrogens is 214 g/mol. The zero-order chi connectivity index (χ0) is 12.7. The topological polar surface area (TPSA) is 27.7 Å². The number of rotatable bonds is 7. The first kappa shape index (κ1) is 14.9. The SMILES string of the molecule is CCOCCN(C)CC(C)(C)N1CCNCC1. The smallest absolute Gasteiger partial charge is 0.0593 e. The molecule has 1 rings (SSSR count). The molecule has 4 nitrogen and oxygen atoms in total. The van der Waals surface area contributed by atoms with E-state index < -0.39 is 0 Å². The van der Waals surface area contributed by atoms with E-state index in [9.17, 15) is 0 Å². The summed E-state index contributed by atoms with van der Waals surface area (Å²) in [5.41, 5.74) is 0.253. The van der Waals surface area contributed by atoms with Gasteiger partial charge in [-0.2, -0.15) is 0 Å². The summed E-state index contributed by atoms with van der Waals surface area (Å²) in [4.78, 5) is 4.96. The van der Waals surface area contributed by atoms with Crippen molar-refractivity contribution in [2.45, 2.75) is 26.3 Å². The molecule has 0 atom stereocenters. The molecule has 0 aromatic heterocycles. The van der Waals surface area contributed by atoms with Crippen LogP contribution in [-0.2, 0) is 4.74 Å². The van der Waals surface area contributed by atoms with E-state index in [2.05, 4.69) is 36.0 Å². The maximum atomic E-state index is 5.40. The lowest BCUT2D eigenvalue weighted by atomic mass is 10.0. The summed E-state index contributed by atoms with van der Waals surface area (Å²) in [7, 11) is 2.18. The summed E-state index contributed by atoms with van der Waals surface area (Å²) in [6.45, 7) is 15.1. The highest BCUT2D eigenvalue weighted by atomic mass is 16.5. The number of nitrogens with zero attached hydrogens (tertiary/aromatic N) is 2. The Hall–Kier alpha value is -0.160. The Morgan fingerprint density at radius 3 is 2.53 bits per heavy atom. The van der Waals surface area contributed by atoms with E-state index in [0.717, 1.165) is 52.5 Å². The molecule has 1 fully saturated rings. The van der Waals surface area contributed by atoms with Gasteiger partial charge in [0, 0.05) is 51.4 Å². The second-order valence-electron chi connectivity index (χ2n) is 5.48. The van der Waals surface area contributed by atoms with Crippen molar-refractivity contribution in [1.29, 1.82) is 0 Å². The molecule has 1 aliphatic rings. The monoisotopic (exact) mass is 243 g/mol. The van der Waals surface area contributed by atoms with Gasteiger partial charge in [0.1, 0.15) is 0 Å². The Morgan fingerprint density at radius 1 is 1.29 bits per heavy atom. The van der Waals surface area contributed by atoms with Gasteiger partial charge in [-0.3, -0.25) is 4.90 Å². The van der Waals surface area contributed by atoms with Crippen molar-refractivity contribution in [2.75, 3.05) is 59.5 Å². The predicted octanol–water partition coefficient (Wildman–Crippen LogP) is 0.639. The van der Waals surface area contributed by atoms with Crippen LogP contribution in [0.1, 0.15) is 20.8 Å². The van der Waals surface area contributed by atoms with Crippen LogP contribution in [-0.4, -0.2) is 74.9 Å². The molecular formula is C13H29N3O. The number of hydrogen-bond donors (Lipinski definition) is 1. The molecule has 0 aliphatic carbocycles. The molecule has 1 aliphatic heterocycles. The van der Waals surface area contributed by atoms with Crippen LogP contribution in [0.25, 0.3) is 0 Å². The highest BCUT2D eigenvalue weighted by Gasteiger charge is 2.28. The van der Waals surface area contributed by atoms with E-state index in [1.807, 2.05) is 6.92 Å². The fourth-order valence-corrected chi connectivity index (χ4v) is 2.47. The van der Waals surface area contributed by atoms with Gasteiger partial charge in [0.2, 0.25) is 0 Å². The molecule has 0 aromatic rings. The van der Waals surface area contributed by atoms with E-state index in [0.29, 0.717) is 0 Å². The third-order valence-electron chi connectivity index (χ3n) is 3.45. The normalized spacial score (nSPS) is 18.9. The van der Waals surface area contributed by atoms with Gasteiger partial charge in [0.05, 0.1) is 6.61 Å². The molecule has 4 heteroatoms. The zero-order valence-electron chi connectivity index (χ0n) is 12.0. The standard InChI is InChI=1S/C13H29N3O/c1-5-17-11-10-15(4)12-13(2,3)16-8-6-14-7-9-16/h14H,5-12H2,1-4H3. The van der Waals surface area contributed by atoms with Gasteiger partial charge in [0.25, 0.3) is 0 Å². The van der Waals surface area contributed by atoms with Crippen LogP contribution in [0.2, 0.25) is 0 Å². The van der Waals surface area contributed by atoms with Crippen molar-refractivity contribution in [1.82, 2.24) is 15.1 Å². The number of ether oxygens (including phenoxy) is 1. The van der Waals surface area contributed by atoms with E-state index >= 15 is 0 Å².